The molecule has 0 aliphatic rings. The number of unbranched alkanes of at least 4 members (excludes halogenated alkanes) is 7. The fourth-order valence-electron chi connectivity index (χ4n) is 5.46. The number of phenols is 2. The Morgan fingerprint density at radius 2 is 0.600 bits per heavy atom. The van der Waals surface area contributed by atoms with Gasteiger partial charge in [0.2, 0.25) is 0 Å². The third-order valence-electron chi connectivity index (χ3n) is 8.61. The number of nitrogens with zero attached hydrogens (tertiary/aromatic N) is 2. The smallest absolute Gasteiger partial charge is 0.115 e. The van der Waals surface area contributed by atoms with Crippen LogP contribution in [0.15, 0.2) is 60.7 Å². The molecule has 0 saturated heterocycles. The molecular formula is C41H78N2O2+2. The number of phenolic OH excluding ortho intramolecular Hbond substituents is 2. The predicted octanol–water partition coefficient (Wildman–Crippen LogP) is 11.6. The summed E-state index contributed by atoms with van der Waals surface area (Å²) in [6.07, 6.45) is 19.3. The lowest BCUT2D eigenvalue weighted by molar-refractivity contribution is -0.929. The second-order valence-corrected chi connectivity index (χ2v) is 13.2. The number of rotatable bonds is 21. The van der Waals surface area contributed by atoms with Crippen LogP contribution in [0.1, 0.15) is 138 Å². The van der Waals surface area contributed by atoms with Crippen LogP contribution in [-0.2, 0) is 0 Å². The molecule has 0 radical (unpaired) electrons. The molecule has 2 aromatic rings. The summed E-state index contributed by atoms with van der Waals surface area (Å²) in [4.78, 5) is 0. The molecule has 0 saturated carbocycles. The molecule has 262 valence electrons. The summed E-state index contributed by atoms with van der Waals surface area (Å²) in [5.74, 6) is 0.644. The SMILES string of the molecule is CCCC[N+](C)(CCCC)CCCC.CCCC[N+](CCCC)(CCCC)CCCC.Oc1ccccc1.Oc1ccccc1. The van der Waals surface area contributed by atoms with Gasteiger partial charge < -0.3 is 19.2 Å². The first-order chi connectivity index (χ1) is 21.7. The van der Waals surface area contributed by atoms with Gasteiger partial charge in [-0.15, -0.1) is 0 Å². The van der Waals surface area contributed by atoms with Gasteiger partial charge in [0.15, 0.2) is 0 Å². The highest BCUT2D eigenvalue weighted by atomic mass is 16.3. The van der Waals surface area contributed by atoms with E-state index in [1.807, 2.05) is 12.1 Å². The molecule has 45 heavy (non-hydrogen) atoms. The van der Waals surface area contributed by atoms with E-state index in [1.54, 1.807) is 48.5 Å². The second-order valence-electron chi connectivity index (χ2n) is 13.2. The number of hydrogen-bond acceptors (Lipinski definition) is 2. The van der Waals surface area contributed by atoms with E-state index in [-0.39, 0.29) is 0 Å². The fourth-order valence-corrected chi connectivity index (χ4v) is 5.46. The molecule has 4 heteroatoms. The summed E-state index contributed by atoms with van der Waals surface area (Å²) in [5, 5.41) is 17.3. The van der Waals surface area contributed by atoms with Crippen LogP contribution in [-0.4, -0.2) is 72.0 Å². The van der Waals surface area contributed by atoms with Crippen LogP contribution in [0.4, 0.5) is 0 Å². The van der Waals surface area contributed by atoms with Crippen LogP contribution in [0.3, 0.4) is 0 Å². The number of hydrogen-bond donors (Lipinski definition) is 2. The highest BCUT2D eigenvalue weighted by Crippen LogP contribution is 2.16. The zero-order valence-electron chi connectivity index (χ0n) is 31.4. The van der Waals surface area contributed by atoms with E-state index in [1.165, 1.54) is 145 Å². The van der Waals surface area contributed by atoms with Crippen molar-refractivity contribution in [2.24, 2.45) is 0 Å². The lowest BCUT2D eigenvalue weighted by Crippen LogP contribution is -2.50. The zero-order valence-corrected chi connectivity index (χ0v) is 31.4. The van der Waals surface area contributed by atoms with Gasteiger partial charge in [0, 0.05) is 0 Å². The van der Waals surface area contributed by atoms with E-state index in [2.05, 4.69) is 55.5 Å². The topological polar surface area (TPSA) is 40.5 Å². The lowest BCUT2D eigenvalue weighted by Gasteiger charge is -2.39. The van der Waals surface area contributed by atoms with Gasteiger partial charge in [0.1, 0.15) is 11.5 Å². The summed E-state index contributed by atoms with van der Waals surface area (Å²) in [6.45, 7) is 26.1. The summed E-state index contributed by atoms with van der Waals surface area (Å²) in [5.41, 5.74) is 0. The minimum atomic E-state index is 0.322. The third-order valence-corrected chi connectivity index (χ3v) is 8.61. The quantitative estimate of drug-likeness (QED) is 0.135. The monoisotopic (exact) mass is 631 g/mol. The van der Waals surface area contributed by atoms with Crippen LogP contribution in [0.25, 0.3) is 0 Å². The number of quaternary nitrogens is 2. The largest absolute Gasteiger partial charge is 0.508 e. The minimum absolute atomic E-state index is 0.322. The van der Waals surface area contributed by atoms with Crippen molar-refractivity contribution in [2.45, 2.75) is 138 Å². The predicted molar refractivity (Wildman–Crippen MR) is 201 cm³/mol. The Morgan fingerprint density at radius 1 is 0.378 bits per heavy atom. The highest BCUT2D eigenvalue weighted by molar-refractivity contribution is 5.19. The zero-order chi connectivity index (χ0) is 34.1. The highest BCUT2D eigenvalue weighted by Gasteiger charge is 2.24. The number of aromatic hydroxyl groups is 2. The van der Waals surface area contributed by atoms with Crippen molar-refractivity contribution in [3.05, 3.63) is 60.7 Å². The average Bonchev–Trinajstić information content (AvgIpc) is 3.06. The van der Waals surface area contributed by atoms with E-state index in [0.717, 1.165) is 0 Å². The molecule has 0 aliphatic carbocycles. The first-order valence-corrected chi connectivity index (χ1v) is 18.9. The maximum atomic E-state index is 8.63. The summed E-state index contributed by atoms with van der Waals surface area (Å²) in [7, 11) is 2.45. The average molecular weight is 631 g/mol. The van der Waals surface area contributed by atoms with Gasteiger partial charge in [-0.05, 0) is 69.2 Å². The maximum Gasteiger partial charge on any atom is 0.115 e. The first-order valence-electron chi connectivity index (χ1n) is 18.9. The van der Waals surface area contributed by atoms with Gasteiger partial charge in [-0.1, -0.05) is 130 Å². The Balaban J connectivity index is 0. The van der Waals surface area contributed by atoms with Gasteiger partial charge in [0.25, 0.3) is 0 Å². The Morgan fingerprint density at radius 3 is 0.778 bits per heavy atom. The Hall–Kier alpha value is -2.04. The van der Waals surface area contributed by atoms with Gasteiger partial charge in [0.05, 0.1) is 52.9 Å². The first kappa shape index (κ1) is 45.1. The molecule has 2 N–H and O–H groups in total. The molecule has 0 heterocycles. The molecule has 2 rings (SSSR count). The minimum Gasteiger partial charge on any atom is -0.508 e. The lowest BCUT2D eigenvalue weighted by atomic mass is 10.1. The molecule has 0 atom stereocenters. The van der Waals surface area contributed by atoms with Gasteiger partial charge in [-0.3, -0.25) is 0 Å². The molecule has 0 unspecified atom stereocenters. The normalized spacial score (nSPS) is 10.9. The maximum absolute atomic E-state index is 8.63. The molecule has 0 fully saturated rings. The standard InChI is InChI=1S/C16H36N.C13H30N.2C6H6O/c1-5-9-13-17(14-10-6-2,15-11-7-3)16-12-8-4;1-5-8-11-14(4,12-9-6-2)13-10-7-3;2*7-6-4-2-1-3-5-6/h5-16H2,1-4H3;5-13H2,1-4H3;2*1-5,7H/q2*+1;;. The van der Waals surface area contributed by atoms with Gasteiger partial charge in [-0.2, -0.15) is 0 Å². The third kappa shape index (κ3) is 28.0. The second kappa shape index (κ2) is 31.9. The van der Waals surface area contributed by atoms with E-state index in [4.69, 9.17) is 10.2 Å². The van der Waals surface area contributed by atoms with Crippen molar-refractivity contribution in [3.8, 4) is 11.5 Å². The molecule has 0 bridgehead atoms. The van der Waals surface area contributed by atoms with Crippen LogP contribution in [0, 0.1) is 0 Å². The molecule has 0 amide bonds. The fraction of sp³-hybridized carbons (Fsp3) is 0.707. The van der Waals surface area contributed by atoms with Crippen molar-refractivity contribution in [1.82, 2.24) is 0 Å². The molecule has 2 aromatic carbocycles. The van der Waals surface area contributed by atoms with Crippen molar-refractivity contribution in [2.75, 3.05) is 52.9 Å². The van der Waals surface area contributed by atoms with Crippen molar-refractivity contribution >= 4 is 0 Å². The molecule has 0 aliphatic heterocycles. The van der Waals surface area contributed by atoms with Crippen LogP contribution >= 0.6 is 0 Å². The van der Waals surface area contributed by atoms with E-state index in [9.17, 15) is 0 Å². The van der Waals surface area contributed by atoms with Crippen LogP contribution < -0.4 is 0 Å². The number of para-hydroxylation sites is 2. The van der Waals surface area contributed by atoms with Crippen LogP contribution in [0.2, 0.25) is 0 Å². The van der Waals surface area contributed by atoms with Crippen molar-refractivity contribution in [3.63, 3.8) is 0 Å². The molecule has 4 nitrogen and oxygen atoms in total. The summed E-state index contributed by atoms with van der Waals surface area (Å²) >= 11 is 0. The Kier molecular flexibility index (Phi) is 32.0. The van der Waals surface area contributed by atoms with Gasteiger partial charge >= 0.3 is 0 Å². The Bertz CT molecular complexity index is 731. The summed E-state index contributed by atoms with van der Waals surface area (Å²) in [6, 6.07) is 17.4. The number of benzene rings is 2. The molecule has 0 aromatic heterocycles. The molecular weight excluding hydrogens is 552 g/mol. The van der Waals surface area contributed by atoms with Crippen LogP contribution in [0.5, 0.6) is 11.5 Å². The van der Waals surface area contributed by atoms with E-state index >= 15 is 0 Å². The van der Waals surface area contributed by atoms with Crippen molar-refractivity contribution < 1.29 is 19.2 Å². The van der Waals surface area contributed by atoms with Crippen molar-refractivity contribution in [1.29, 1.82) is 0 Å². The molecule has 0 spiro atoms. The summed E-state index contributed by atoms with van der Waals surface area (Å²) < 4.78 is 2.74. The Labute approximate surface area is 282 Å². The van der Waals surface area contributed by atoms with E-state index in [0.29, 0.717) is 11.5 Å². The van der Waals surface area contributed by atoms with Gasteiger partial charge in [-0.25, -0.2) is 0 Å². The van der Waals surface area contributed by atoms with E-state index < -0.39 is 0 Å².